The smallest absolute Gasteiger partial charge is 0.211 e. The first-order valence-corrected chi connectivity index (χ1v) is 6.69. The van der Waals surface area contributed by atoms with Crippen molar-refractivity contribution >= 4 is 17.6 Å². The van der Waals surface area contributed by atoms with E-state index >= 15 is 0 Å². The van der Waals surface area contributed by atoms with Crippen LogP contribution in [-0.2, 0) is 0 Å². The van der Waals surface area contributed by atoms with E-state index in [0.29, 0.717) is 16.8 Å². The molecule has 0 bridgehead atoms. The van der Waals surface area contributed by atoms with Crippen LogP contribution in [-0.4, -0.2) is 25.7 Å². The highest BCUT2D eigenvalue weighted by Gasteiger charge is 2.15. The van der Waals surface area contributed by atoms with Crippen LogP contribution in [0.2, 0.25) is 0 Å². The Hall–Kier alpha value is -3.21. The lowest BCUT2D eigenvalue weighted by Gasteiger charge is -2.07. The molecule has 108 valence electrons. The fraction of sp³-hybridized carbons (Fsp3) is 0. The molecule has 1 heterocycles. The minimum atomic E-state index is -0.172. The molecule has 0 unspecified atom stereocenters. The van der Waals surface area contributed by atoms with E-state index in [-0.39, 0.29) is 11.5 Å². The van der Waals surface area contributed by atoms with Crippen molar-refractivity contribution in [1.82, 2.24) is 14.8 Å². The van der Waals surface area contributed by atoms with Crippen molar-refractivity contribution in [2.45, 2.75) is 0 Å². The topological polar surface area (TPSA) is 68.0 Å². The van der Waals surface area contributed by atoms with Crippen molar-refractivity contribution in [2.24, 2.45) is 0 Å². The third-order valence-corrected chi connectivity index (χ3v) is 3.11. The summed E-state index contributed by atoms with van der Waals surface area (Å²) in [6.45, 7) is 0. The molecule has 5 heteroatoms. The summed E-state index contributed by atoms with van der Waals surface area (Å²) >= 11 is 0. The van der Waals surface area contributed by atoms with Crippen LogP contribution in [0, 0.1) is 0 Å². The first-order valence-electron chi connectivity index (χ1n) is 6.69. The lowest BCUT2D eigenvalue weighted by molar-refractivity contribution is 0.105. The maximum Gasteiger partial charge on any atom is 0.211 e. The summed E-state index contributed by atoms with van der Waals surface area (Å²) in [5.74, 6) is -0.0340. The monoisotopic (exact) mass is 291 g/mol. The molecule has 0 spiro atoms. The Morgan fingerprint density at radius 1 is 1.09 bits per heavy atom. The van der Waals surface area contributed by atoms with E-state index < -0.39 is 0 Å². The second-order valence-corrected chi connectivity index (χ2v) is 4.66. The number of hydrogen-bond acceptors (Lipinski definition) is 4. The van der Waals surface area contributed by atoms with Gasteiger partial charge in [-0.1, -0.05) is 42.5 Å². The second kappa shape index (κ2) is 6.05. The molecule has 0 aliphatic heterocycles. The molecular formula is C17H13N3O2. The first kappa shape index (κ1) is 13.8. The molecule has 3 rings (SSSR count). The zero-order chi connectivity index (χ0) is 15.4. The van der Waals surface area contributed by atoms with E-state index in [4.69, 9.17) is 0 Å². The third kappa shape index (κ3) is 2.93. The molecule has 5 nitrogen and oxygen atoms in total. The van der Waals surface area contributed by atoms with Crippen LogP contribution in [0.1, 0.15) is 15.9 Å². The second-order valence-electron chi connectivity index (χ2n) is 4.66. The predicted molar refractivity (Wildman–Crippen MR) is 83.1 cm³/mol. The number of carbonyl (C=O) groups excluding carboxylic acids is 1. The van der Waals surface area contributed by atoms with Gasteiger partial charge >= 0.3 is 0 Å². The number of rotatable bonds is 4. The highest BCUT2D eigenvalue weighted by atomic mass is 16.3. The zero-order valence-electron chi connectivity index (χ0n) is 11.6. The van der Waals surface area contributed by atoms with Crippen LogP contribution in [0.4, 0.5) is 0 Å². The highest BCUT2D eigenvalue weighted by Crippen LogP contribution is 2.19. The van der Waals surface area contributed by atoms with Crippen molar-refractivity contribution in [3.63, 3.8) is 0 Å². The van der Waals surface area contributed by atoms with E-state index in [9.17, 15) is 9.90 Å². The van der Waals surface area contributed by atoms with Crippen LogP contribution in [0.3, 0.4) is 0 Å². The average Bonchev–Trinajstić information content (AvgIpc) is 3.07. The molecule has 1 N–H and O–H groups in total. The lowest BCUT2D eigenvalue weighted by Crippen LogP contribution is -2.09. The van der Waals surface area contributed by atoms with Crippen LogP contribution in [0.25, 0.3) is 11.8 Å². The molecule has 0 atom stereocenters. The van der Waals surface area contributed by atoms with Gasteiger partial charge in [0.2, 0.25) is 5.78 Å². The van der Waals surface area contributed by atoms with Crippen molar-refractivity contribution in [1.29, 1.82) is 0 Å². The van der Waals surface area contributed by atoms with Crippen molar-refractivity contribution < 1.29 is 9.90 Å². The Balaban J connectivity index is 2.07. The first-order chi connectivity index (χ1) is 10.7. The number of phenolic OH excluding ortho intramolecular Hbond substituents is 1. The number of aromatic hydroxyl groups is 1. The number of nitrogens with zero attached hydrogens (tertiary/aromatic N) is 3. The Morgan fingerprint density at radius 3 is 2.59 bits per heavy atom. The molecule has 0 saturated heterocycles. The molecule has 0 fully saturated rings. The summed E-state index contributed by atoms with van der Waals surface area (Å²) in [5, 5.41) is 13.6. The van der Waals surface area contributed by atoms with Crippen LogP contribution in [0.15, 0.2) is 67.3 Å². The Bertz CT molecular complexity index is 809. The Labute approximate surface area is 127 Å². The van der Waals surface area contributed by atoms with Gasteiger partial charge in [0, 0.05) is 5.56 Å². The number of aromatic nitrogens is 3. The van der Waals surface area contributed by atoms with E-state index in [1.165, 1.54) is 17.3 Å². The number of hydrogen-bond donors (Lipinski definition) is 1. The molecule has 0 radical (unpaired) electrons. The SMILES string of the molecule is O=C(/C(=C/c1cccc(O)c1)n1cncn1)c1ccccc1. The quantitative estimate of drug-likeness (QED) is 0.593. The molecule has 0 amide bonds. The van der Waals surface area contributed by atoms with Crippen LogP contribution >= 0.6 is 0 Å². The minimum Gasteiger partial charge on any atom is -0.508 e. The molecule has 2 aromatic carbocycles. The summed E-state index contributed by atoms with van der Waals surface area (Å²) in [5.41, 5.74) is 1.62. The van der Waals surface area contributed by atoms with Crippen molar-refractivity contribution in [3.05, 3.63) is 78.4 Å². The fourth-order valence-corrected chi connectivity index (χ4v) is 2.08. The van der Waals surface area contributed by atoms with E-state index in [0.717, 1.165) is 0 Å². The standard InChI is InChI=1S/C17H13N3O2/c21-15-8-4-5-13(9-15)10-16(20-12-18-11-19-20)17(22)14-6-2-1-3-7-14/h1-12,21H/b16-10-. The largest absolute Gasteiger partial charge is 0.508 e. The molecule has 0 saturated carbocycles. The van der Waals surface area contributed by atoms with Gasteiger partial charge in [-0.25, -0.2) is 9.67 Å². The summed E-state index contributed by atoms with van der Waals surface area (Å²) in [6.07, 6.45) is 4.51. The number of Topliss-reactive ketones (excluding diaryl/α,β-unsaturated/α-hetero) is 1. The van der Waals surface area contributed by atoms with Gasteiger partial charge in [0.05, 0.1) is 0 Å². The third-order valence-electron chi connectivity index (χ3n) is 3.11. The number of carbonyl (C=O) groups is 1. The number of benzene rings is 2. The zero-order valence-corrected chi connectivity index (χ0v) is 11.6. The lowest BCUT2D eigenvalue weighted by atomic mass is 10.1. The van der Waals surface area contributed by atoms with Gasteiger partial charge in [-0.2, -0.15) is 5.10 Å². The van der Waals surface area contributed by atoms with Gasteiger partial charge < -0.3 is 5.11 Å². The van der Waals surface area contributed by atoms with Crippen LogP contribution in [0.5, 0.6) is 5.75 Å². The van der Waals surface area contributed by atoms with Gasteiger partial charge in [-0.05, 0) is 23.8 Å². The van der Waals surface area contributed by atoms with Crippen molar-refractivity contribution in [2.75, 3.05) is 0 Å². The predicted octanol–water partition coefficient (Wildman–Crippen LogP) is 2.86. The molecular weight excluding hydrogens is 278 g/mol. The van der Waals surface area contributed by atoms with Gasteiger partial charge in [0.1, 0.15) is 24.1 Å². The summed E-state index contributed by atoms with van der Waals surface area (Å²) < 4.78 is 1.42. The molecule has 3 aromatic rings. The van der Waals surface area contributed by atoms with Crippen LogP contribution < -0.4 is 0 Å². The normalized spacial score (nSPS) is 11.4. The van der Waals surface area contributed by atoms with Gasteiger partial charge in [0.25, 0.3) is 0 Å². The molecule has 0 aliphatic carbocycles. The number of allylic oxidation sites excluding steroid dienone is 1. The Morgan fingerprint density at radius 2 is 1.91 bits per heavy atom. The summed E-state index contributed by atoms with van der Waals surface area (Å²) in [7, 11) is 0. The molecule has 0 aliphatic rings. The molecule has 22 heavy (non-hydrogen) atoms. The maximum atomic E-state index is 12.7. The van der Waals surface area contributed by atoms with Crippen molar-refractivity contribution in [3.8, 4) is 5.75 Å². The summed E-state index contributed by atoms with van der Waals surface area (Å²) in [4.78, 5) is 16.6. The number of ketones is 1. The molecule has 1 aromatic heterocycles. The average molecular weight is 291 g/mol. The van der Waals surface area contributed by atoms with E-state index in [1.54, 1.807) is 54.6 Å². The number of phenols is 1. The highest BCUT2D eigenvalue weighted by molar-refractivity contribution is 6.27. The van der Waals surface area contributed by atoms with Gasteiger partial charge in [-0.15, -0.1) is 0 Å². The maximum absolute atomic E-state index is 12.7. The van der Waals surface area contributed by atoms with E-state index in [1.807, 2.05) is 6.07 Å². The van der Waals surface area contributed by atoms with E-state index in [2.05, 4.69) is 10.1 Å². The van der Waals surface area contributed by atoms with Gasteiger partial charge in [0.15, 0.2) is 0 Å². The van der Waals surface area contributed by atoms with Gasteiger partial charge in [-0.3, -0.25) is 4.79 Å². The summed E-state index contributed by atoms with van der Waals surface area (Å²) in [6, 6.07) is 15.6. The Kier molecular flexibility index (Phi) is 3.78. The minimum absolute atomic E-state index is 0.138. The fourth-order valence-electron chi connectivity index (χ4n) is 2.08.